The minimum Gasteiger partial charge on any atom is -0.465 e. The quantitative estimate of drug-likeness (QED) is 0.376. The minimum absolute atomic E-state index is 0. The average Bonchev–Trinajstić information content (AvgIpc) is 3.02. The lowest BCUT2D eigenvalue weighted by Gasteiger charge is -2.29. The van der Waals surface area contributed by atoms with E-state index in [1.807, 2.05) is 0 Å². The van der Waals surface area contributed by atoms with E-state index in [4.69, 9.17) is 21.1 Å². The van der Waals surface area contributed by atoms with Gasteiger partial charge in [-0.05, 0) is 48.0 Å². The van der Waals surface area contributed by atoms with Gasteiger partial charge in [-0.3, -0.25) is 24.2 Å². The number of esters is 2. The van der Waals surface area contributed by atoms with Gasteiger partial charge in [-0.15, -0.1) is 0 Å². The second-order valence-corrected chi connectivity index (χ2v) is 9.29. The molecule has 1 unspecified atom stereocenters. The molecule has 1 aromatic heterocycles. The zero-order valence-corrected chi connectivity index (χ0v) is 23.9. The van der Waals surface area contributed by atoms with Crippen LogP contribution in [-0.4, -0.2) is 59.3 Å². The number of amides is 3. The van der Waals surface area contributed by atoms with Crippen LogP contribution in [0.15, 0.2) is 60.8 Å². The zero-order chi connectivity index (χ0) is 28.8. The number of pyridine rings is 1. The zero-order valence-electron chi connectivity index (χ0n) is 22.1. The lowest BCUT2D eigenvalue weighted by atomic mass is 10.0. The summed E-state index contributed by atoms with van der Waals surface area (Å²) in [6.45, 7) is 0.548. The number of anilines is 2. The van der Waals surface area contributed by atoms with Gasteiger partial charge in [-0.2, -0.15) is 13.5 Å². The van der Waals surface area contributed by atoms with E-state index in [1.54, 1.807) is 36.5 Å². The molecule has 0 fully saturated rings. The number of fused-ring (bicyclic) bond motifs is 1. The van der Waals surface area contributed by atoms with Gasteiger partial charge in [-0.1, -0.05) is 23.7 Å². The van der Waals surface area contributed by atoms with Crippen LogP contribution in [0.1, 0.15) is 38.9 Å². The first-order valence-electron chi connectivity index (χ1n) is 12.1. The van der Waals surface area contributed by atoms with Crippen LogP contribution in [0.2, 0.25) is 5.02 Å². The molecule has 1 atom stereocenters. The monoisotopic (exact) mass is 598 g/mol. The highest BCUT2D eigenvalue weighted by Crippen LogP contribution is 2.29. The molecule has 2 N–H and O–H groups in total. The largest absolute Gasteiger partial charge is 0.465 e. The molecule has 0 radical (unpaired) electrons. The summed E-state index contributed by atoms with van der Waals surface area (Å²) in [7, 11) is 1.20. The Balaban J connectivity index is 0.00000462. The summed E-state index contributed by atoms with van der Waals surface area (Å²) < 4.78 is 9.54. The molecule has 0 spiro atoms. The fraction of sp³-hybridized carbons (Fsp3) is 0.214. The van der Waals surface area contributed by atoms with Crippen molar-refractivity contribution in [3.63, 3.8) is 0 Å². The Morgan fingerprint density at radius 2 is 1.88 bits per heavy atom. The number of rotatable bonds is 8. The highest BCUT2D eigenvalue weighted by Gasteiger charge is 2.36. The Morgan fingerprint density at radius 1 is 1.10 bits per heavy atom. The van der Waals surface area contributed by atoms with Crippen LogP contribution in [0.25, 0.3) is 0 Å². The first-order chi connectivity index (χ1) is 19.2. The maximum Gasteiger partial charge on any atom is 0.339 e. The van der Waals surface area contributed by atoms with Gasteiger partial charge in [0.1, 0.15) is 6.04 Å². The van der Waals surface area contributed by atoms with Crippen molar-refractivity contribution >= 4 is 66.1 Å². The average molecular weight is 599 g/mol. The molecular weight excluding hydrogens is 572 g/mol. The maximum absolute atomic E-state index is 13.8. The Labute approximate surface area is 247 Å². The number of carbonyl (C=O) groups excluding carboxylic acids is 5. The van der Waals surface area contributed by atoms with E-state index in [1.165, 1.54) is 36.3 Å². The highest BCUT2D eigenvalue weighted by molar-refractivity contribution is 7.59. The number of ether oxygens (including phenoxy) is 2. The molecule has 0 aliphatic carbocycles. The lowest BCUT2D eigenvalue weighted by Crippen LogP contribution is -2.46. The number of nitrogens with one attached hydrogen (secondary N) is 2. The molecule has 0 bridgehead atoms. The van der Waals surface area contributed by atoms with E-state index in [2.05, 4.69) is 15.6 Å². The van der Waals surface area contributed by atoms with Crippen molar-refractivity contribution in [3.05, 3.63) is 88.2 Å². The van der Waals surface area contributed by atoms with Gasteiger partial charge in [0.2, 0.25) is 5.91 Å². The summed E-state index contributed by atoms with van der Waals surface area (Å²) in [5.41, 5.74) is 1.77. The molecule has 0 saturated carbocycles. The fourth-order valence-electron chi connectivity index (χ4n) is 4.19. The van der Waals surface area contributed by atoms with Crippen molar-refractivity contribution in [2.24, 2.45) is 0 Å². The molecule has 13 heteroatoms. The minimum atomic E-state index is -0.948. The molecular formula is C28H27ClN4O7S. The van der Waals surface area contributed by atoms with Gasteiger partial charge in [0.15, 0.2) is 6.61 Å². The van der Waals surface area contributed by atoms with Crippen molar-refractivity contribution in [3.8, 4) is 0 Å². The van der Waals surface area contributed by atoms with Crippen LogP contribution in [0.5, 0.6) is 0 Å². The first kappa shape index (κ1) is 31.1. The van der Waals surface area contributed by atoms with Gasteiger partial charge < -0.3 is 25.0 Å². The number of carbonyl (C=O) groups is 5. The van der Waals surface area contributed by atoms with Gasteiger partial charge in [0.05, 0.1) is 29.6 Å². The van der Waals surface area contributed by atoms with Crippen molar-refractivity contribution in [2.45, 2.75) is 25.9 Å². The van der Waals surface area contributed by atoms with Crippen molar-refractivity contribution in [2.75, 3.05) is 24.4 Å². The van der Waals surface area contributed by atoms with E-state index < -0.39 is 42.3 Å². The van der Waals surface area contributed by atoms with Crippen LogP contribution in [0.4, 0.5) is 11.4 Å². The molecule has 2 aromatic carbocycles. The predicted molar refractivity (Wildman–Crippen MR) is 155 cm³/mol. The van der Waals surface area contributed by atoms with Crippen molar-refractivity contribution in [1.29, 1.82) is 0 Å². The summed E-state index contributed by atoms with van der Waals surface area (Å²) in [6, 6.07) is 13.5. The molecule has 3 aromatic rings. The number of benzene rings is 2. The van der Waals surface area contributed by atoms with Crippen LogP contribution in [0, 0.1) is 0 Å². The Hall–Kier alpha value is -4.42. The molecule has 11 nitrogen and oxygen atoms in total. The van der Waals surface area contributed by atoms with Crippen LogP contribution >= 0.6 is 25.1 Å². The van der Waals surface area contributed by atoms with Crippen LogP contribution in [-0.2, 0) is 36.8 Å². The highest BCUT2D eigenvalue weighted by atomic mass is 35.5. The number of hydrogen-bond donors (Lipinski definition) is 2. The van der Waals surface area contributed by atoms with Gasteiger partial charge in [0.25, 0.3) is 11.8 Å². The summed E-state index contributed by atoms with van der Waals surface area (Å²) >= 11 is 6.12. The third-order valence-electron chi connectivity index (χ3n) is 6.06. The lowest BCUT2D eigenvalue weighted by molar-refractivity contribution is -0.144. The number of halogens is 1. The summed E-state index contributed by atoms with van der Waals surface area (Å²) in [5.74, 6) is -2.89. The predicted octanol–water partition coefficient (Wildman–Crippen LogP) is 3.34. The SMILES string of the molecule is COC(=O)c1ccc(CN2C(=O)c3ccc(Cl)cc3NC(=O)C2Cc2ccccn2)cc1NC(=O)COC(C)=O.S. The number of hydrogen-bond acceptors (Lipinski definition) is 8. The molecule has 3 amide bonds. The van der Waals surface area contributed by atoms with E-state index in [-0.39, 0.29) is 49.0 Å². The van der Waals surface area contributed by atoms with E-state index >= 15 is 0 Å². The molecule has 0 saturated heterocycles. The third kappa shape index (κ3) is 7.62. The van der Waals surface area contributed by atoms with Gasteiger partial charge in [-0.25, -0.2) is 4.79 Å². The van der Waals surface area contributed by atoms with Gasteiger partial charge in [0, 0.05) is 36.8 Å². The number of nitrogens with zero attached hydrogens (tertiary/aromatic N) is 2. The molecule has 4 rings (SSSR count). The van der Waals surface area contributed by atoms with Crippen LogP contribution < -0.4 is 10.6 Å². The Kier molecular flexibility index (Phi) is 10.5. The van der Waals surface area contributed by atoms with Gasteiger partial charge >= 0.3 is 11.9 Å². The Bertz CT molecular complexity index is 1490. The molecule has 41 heavy (non-hydrogen) atoms. The Morgan fingerprint density at radius 3 is 2.56 bits per heavy atom. The number of aromatic nitrogens is 1. The summed E-state index contributed by atoms with van der Waals surface area (Å²) in [6.07, 6.45) is 1.73. The molecule has 1 aliphatic heterocycles. The van der Waals surface area contributed by atoms with E-state index in [9.17, 15) is 24.0 Å². The van der Waals surface area contributed by atoms with E-state index in [0.29, 0.717) is 16.3 Å². The fourth-order valence-corrected chi connectivity index (χ4v) is 4.37. The second-order valence-electron chi connectivity index (χ2n) is 8.85. The second kappa shape index (κ2) is 13.8. The normalized spacial score (nSPS) is 14.1. The maximum atomic E-state index is 13.8. The first-order valence-corrected chi connectivity index (χ1v) is 12.5. The third-order valence-corrected chi connectivity index (χ3v) is 6.30. The topological polar surface area (TPSA) is 144 Å². The van der Waals surface area contributed by atoms with Crippen LogP contribution in [0.3, 0.4) is 0 Å². The van der Waals surface area contributed by atoms with E-state index in [0.717, 1.165) is 6.92 Å². The molecule has 2 heterocycles. The standard InChI is InChI=1S/C28H25ClN4O7.H2S/c1-16(34)40-15-25(35)31-22-11-17(6-8-21(22)28(38)39-2)14-33-24(13-19-5-3-4-10-30-19)26(36)32-23-12-18(29)7-9-20(23)27(33)37;/h3-12,24H,13-15H2,1-2H3,(H,31,35)(H,32,36);1H2. The number of methoxy groups -OCH3 is 1. The summed E-state index contributed by atoms with van der Waals surface area (Å²) in [5, 5.41) is 5.69. The summed E-state index contributed by atoms with van der Waals surface area (Å²) in [4.78, 5) is 68.8. The van der Waals surface area contributed by atoms with Crippen molar-refractivity contribution < 1.29 is 33.4 Å². The molecule has 1 aliphatic rings. The molecule has 214 valence electrons. The van der Waals surface area contributed by atoms with Crippen molar-refractivity contribution in [1.82, 2.24) is 9.88 Å². The smallest absolute Gasteiger partial charge is 0.339 e.